The average molecular weight is 684 g/mol. The standard InChI is InChI=1S/C37H46ClN7O2Si/c1-26-8-13-29(38)22-31(26)35-32(36(39)46)23-33(45(35)25-47-20-7-21-48(4,5)6)34-28(24-41-37(40-2)42-34)12-9-27-10-14-30(15-11-27)44-18-16-43(3)17-19-44/h8,10-11,13-15,22-24H,7,16-21,25H2,1-6H3,(H2,39,46)(H,40,41,42). The molecule has 2 aromatic heterocycles. The number of piperazine rings is 1. The van der Waals surface area contributed by atoms with Gasteiger partial charge in [-0.2, -0.15) is 0 Å². The first kappa shape index (κ1) is 35.2. The smallest absolute Gasteiger partial charge is 0.250 e. The fourth-order valence-electron chi connectivity index (χ4n) is 5.82. The molecule has 5 rings (SSSR count). The highest BCUT2D eigenvalue weighted by Gasteiger charge is 2.25. The van der Waals surface area contributed by atoms with Gasteiger partial charge in [-0.15, -0.1) is 0 Å². The van der Waals surface area contributed by atoms with Crippen molar-refractivity contribution < 1.29 is 9.53 Å². The number of amides is 1. The van der Waals surface area contributed by atoms with E-state index in [9.17, 15) is 4.79 Å². The van der Waals surface area contributed by atoms with Crippen LogP contribution in [0.3, 0.4) is 0 Å². The summed E-state index contributed by atoms with van der Waals surface area (Å²) in [7, 11) is 2.71. The number of carbonyl (C=O) groups excluding carboxylic acids is 1. The molecule has 3 N–H and O–H groups in total. The molecule has 0 aliphatic carbocycles. The second kappa shape index (κ2) is 15.4. The summed E-state index contributed by atoms with van der Waals surface area (Å²) >= 11 is 6.48. The van der Waals surface area contributed by atoms with E-state index < -0.39 is 14.0 Å². The first-order valence-corrected chi connectivity index (χ1v) is 20.5. The molecule has 0 bridgehead atoms. The number of hydrogen-bond acceptors (Lipinski definition) is 7. The van der Waals surface area contributed by atoms with Crippen LogP contribution in [0.1, 0.15) is 33.5 Å². The van der Waals surface area contributed by atoms with Crippen LogP contribution in [-0.2, 0) is 11.5 Å². The number of benzene rings is 2. The van der Waals surface area contributed by atoms with Crippen molar-refractivity contribution in [3.05, 3.63) is 82.0 Å². The third-order valence-electron chi connectivity index (χ3n) is 8.59. The zero-order valence-electron chi connectivity index (χ0n) is 28.9. The molecule has 4 aromatic rings. The molecule has 252 valence electrons. The van der Waals surface area contributed by atoms with Crippen LogP contribution in [0, 0.1) is 18.8 Å². The number of nitrogens with two attached hydrogens (primary N) is 1. The van der Waals surface area contributed by atoms with Crippen molar-refractivity contribution in [2.45, 2.75) is 45.8 Å². The van der Waals surface area contributed by atoms with Crippen molar-refractivity contribution >= 4 is 37.2 Å². The Bertz CT molecular complexity index is 1810. The Morgan fingerprint density at radius 2 is 1.79 bits per heavy atom. The fraction of sp³-hybridized carbons (Fsp3) is 0.378. The van der Waals surface area contributed by atoms with E-state index in [1.165, 1.54) is 5.69 Å². The second-order valence-corrected chi connectivity index (χ2v) is 19.6. The third kappa shape index (κ3) is 8.65. The zero-order chi connectivity index (χ0) is 34.4. The molecule has 3 heterocycles. The molecule has 1 aliphatic rings. The lowest BCUT2D eigenvalue weighted by molar-refractivity contribution is 0.0794. The number of anilines is 2. The average Bonchev–Trinajstić information content (AvgIpc) is 3.44. The van der Waals surface area contributed by atoms with E-state index in [4.69, 9.17) is 27.1 Å². The van der Waals surface area contributed by atoms with Gasteiger partial charge in [-0.3, -0.25) is 4.79 Å². The molecule has 0 radical (unpaired) electrons. The summed E-state index contributed by atoms with van der Waals surface area (Å²) in [4.78, 5) is 27.1. The molecule has 1 saturated heterocycles. The highest BCUT2D eigenvalue weighted by molar-refractivity contribution is 6.76. The van der Waals surface area contributed by atoms with Crippen LogP contribution in [0.4, 0.5) is 11.6 Å². The minimum Gasteiger partial charge on any atom is -0.369 e. The van der Waals surface area contributed by atoms with Gasteiger partial charge in [0.1, 0.15) is 12.4 Å². The van der Waals surface area contributed by atoms with E-state index in [1.807, 2.05) is 41.8 Å². The van der Waals surface area contributed by atoms with Crippen LogP contribution in [0.2, 0.25) is 30.7 Å². The van der Waals surface area contributed by atoms with Gasteiger partial charge in [-0.05, 0) is 68.4 Å². The quantitative estimate of drug-likeness (QED) is 0.105. The SMILES string of the molecule is CNc1ncc(C#Cc2ccc(N3CCN(C)CC3)cc2)c(-c2cc(C(N)=O)c(-c3cc(Cl)ccc3C)n2COCCC[Si](C)(C)C)n1. The molecule has 2 aromatic carbocycles. The summed E-state index contributed by atoms with van der Waals surface area (Å²) in [5.41, 5.74) is 12.7. The summed E-state index contributed by atoms with van der Waals surface area (Å²) in [5, 5.41) is 3.60. The van der Waals surface area contributed by atoms with Gasteiger partial charge in [0, 0.05) is 75.9 Å². The Morgan fingerprint density at radius 3 is 2.46 bits per heavy atom. The lowest BCUT2D eigenvalue weighted by atomic mass is 10.0. The summed E-state index contributed by atoms with van der Waals surface area (Å²) in [5.74, 6) is 6.49. The predicted octanol–water partition coefficient (Wildman–Crippen LogP) is 6.57. The number of nitrogens with one attached hydrogen (secondary N) is 1. The highest BCUT2D eigenvalue weighted by atomic mass is 35.5. The topological polar surface area (TPSA) is 102 Å². The Kier molecular flexibility index (Phi) is 11.3. The second-order valence-electron chi connectivity index (χ2n) is 13.5. The molecule has 1 fully saturated rings. The number of nitrogens with zero attached hydrogens (tertiary/aromatic N) is 5. The third-order valence-corrected chi connectivity index (χ3v) is 10.7. The van der Waals surface area contributed by atoms with Gasteiger partial charge in [0.25, 0.3) is 5.91 Å². The molecule has 0 spiro atoms. The Labute approximate surface area is 290 Å². The van der Waals surface area contributed by atoms with Crippen LogP contribution in [0.5, 0.6) is 0 Å². The molecule has 48 heavy (non-hydrogen) atoms. The maximum absolute atomic E-state index is 13.0. The first-order chi connectivity index (χ1) is 22.9. The van der Waals surface area contributed by atoms with Crippen LogP contribution >= 0.6 is 11.6 Å². The lowest BCUT2D eigenvalue weighted by Crippen LogP contribution is -2.44. The molecule has 0 saturated carbocycles. The van der Waals surface area contributed by atoms with Crippen LogP contribution in [-0.4, -0.2) is 80.3 Å². The normalized spacial score (nSPS) is 13.7. The van der Waals surface area contributed by atoms with E-state index in [0.717, 1.165) is 55.3 Å². The predicted molar refractivity (Wildman–Crippen MR) is 200 cm³/mol. The number of primary amides is 1. The maximum atomic E-state index is 13.0. The number of hydrogen-bond donors (Lipinski definition) is 2. The van der Waals surface area contributed by atoms with Crippen LogP contribution < -0.4 is 16.0 Å². The van der Waals surface area contributed by atoms with Gasteiger partial charge in [-0.25, -0.2) is 9.97 Å². The van der Waals surface area contributed by atoms with Gasteiger partial charge in [0.2, 0.25) is 5.95 Å². The fourth-order valence-corrected chi connectivity index (χ4v) is 7.19. The number of ether oxygens (including phenoxy) is 1. The number of rotatable bonds is 11. The lowest BCUT2D eigenvalue weighted by Gasteiger charge is -2.34. The Morgan fingerprint density at radius 1 is 1.06 bits per heavy atom. The summed E-state index contributed by atoms with van der Waals surface area (Å²) in [6.07, 6.45) is 2.67. The summed E-state index contributed by atoms with van der Waals surface area (Å²) in [6.45, 7) is 13.9. The summed E-state index contributed by atoms with van der Waals surface area (Å²) < 4.78 is 8.26. The van der Waals surface area contributed by atoms with Crippen molar-refractivity contribution in [3.8, 4) is 34.5 Å². The molecule has 1 aliphatic heterocycles. The number of aryl methyl sites for hydroxylation is 1. The van der Waals surface area contributed by atoms with Crippen LogP contribution in [0.15, 0.2) is 54.7 Å². The van der Waals surface area contributed by atoms with Gasteiger partial charge in [-0.1, -0.05) is 55.2 Å². The summed E-state index contributed by atoms with van der Waals surface area (Å²) in [6, 6.07) is 16.9. The van der Waals surface area contributed by atoms with Crippen molar-refractivity contribution in [3.63, 3.8) is 0 Å². The van der Waals surface area contributed by atoms with E-state index in [1.54, 1.807) is 19.3 Å². The Balaban J connectivity index is 1.57. The van der Waals surface area contributed by atoms with E-state index in [-0.39, 0.29) is 6.73 Å². The highest BCUT2D eigenvalue weighted by Crippen LogP contribution is 2.36. The van der Waals surface area contributed by atoms with Gasteiger partial charge >= 0.3 is 0 Å². The zero-order valence-corrected chi connectivity index (χ0v) is 30.6. The molecule has 0 unspecified atom stereocenters. The van der Waals surface area contributed by atoms with Crippen molar-refractivity contribution in [2.75, 3.05) is 57.1 Å². The molecular formula is C37H46ClN7O2Si. The molecule has 1 amide bonds. The van der Waals surface area contributed by atoms with E-state index >= 15 is 0 Å². The minimum absolute atomic E-state index is 0.190. The van der Waals surface area contributed by atoms with Gasteiger partial charge in [0.05, 0.1) is 22.5 Å². The van der Waals surface area contributed by atoms with Crippen molar-refractivity contribution in [1.82, 2.24) is 19.4 Å². The van der Waals surface area contributed by atoms with Gasteiger partial charge in [0.15, 0.2) is 0 Å². The van der Waals surface area contributed by atoms with E-state index in [0.29, 0.717) is 45.8 Å². The number of carbonyl (C=O) groups is 1. The number of likely N-dealkylation sites (N-methyl/N-ethyl adjacent to an activating group) is 1. The van der Waals surface area contributed by atoms with E-state index in [2.05, 4.69) is 70.8 Å². The van der Waals surface area contributed by atoms with Crippen molar-refractivity contribution in [2.24, 2.45) is 5.73 Å². The molecular weight excluding hydrogens is 638 g/mol. The Hall–Kier alpha value is -4.14. The molecule has 11 heteroatoms. The maximum Gasteiger partial charge on any atom is 0.250 e. The van der Waals surface area contributed by atoms with Crippen LogP contribution in [0.25, 0.3) is 22.6 Å². The van der Waals surface area contributed by atoms with Gasteiger partial charge < -0.3 is 30.2 Å². The monoisotopic (exact) mass is 683 g/mol. The van der Waals surface area contributed by atoms with Crippen molar-refractivity contribution in [1.29, 1.82) is 0 Å². The largest absolute Gasteiger partial charge is 0.369 e. The first-order valence-electron chi connectivity index (χ1n) is 16.4. The number of aromatic nitrogens is 3. The minimum atomic E-state index is -1.21. The number of halogens is 1. The molecule has 0 atom stereocenters. The molecule has 9 nitrogen and oxygen atoms in total.